The van der Waals surface area contributed by atoms with E-state index in [9.17, 15) is 20.0 Å². The van der Waals surface area contributed by atoms with Crippen molar-refractivity contribution in [3.63, 3.8) is 0 Å². The van der Waals surface area contributed by atoms with E-state index in [1.807, 2.05) is 20.8 Å². The van der Waals surface area contributed by atoms with Crippen LogP contribution in [-0.2, 0) is 5.41 Å². The summed E-state index contributed by atoms with van der Waals surface area (Å²) >= 11 is 0. The minimum Gasteiger partial charge on any atom is -0.502 e. The molecular weight excluding hydrogens is 322 g/mol. The zero-order chi connectivity index (χ0) is 18.4. The van der Waals surface area contributed by atoms with Gasteiger partial charge in [0.1, 0.15) is 5.82 Å². The summed E-state index contributed by atoms with van der Waals surface area (Å²) in [5.74, 6) is -0.424. The molecule has 2 N–H and O–H groups in total. The zero-order valence-electron chi connectivity index (χ0n) is 14.0. The molecule has 0 aliphatic heterocycles. The highest BCUT2D eigenvalue weighted by Gasteiger charge is 2.26. The van der Waals surface area contributed by atoms with Crippen molar-refractivity contribution in [1.82, 2.24) is 9.97 Å². The van der Waals surface area contributed by atoms with Crippen molar-refractivity contribution in [2.75, 3.05) is 0 Å². The van der Waals surface area contributed by atoms with E-state index in [1.165, 1.54) is 6.07 Å². The second-order valence-electron chi connectivity index (χ2n) is 6.83. The Morgan fingerprint density at radius 3 is 2.52 bits per heavy atom. The Kier molecular flexibility index (Phi) is 3.79. The molecule has 0 radical (unpaired) electrons. The maximum Gasteiger partial charge on any atom is 0.311 e. The molecule has 0 atom stereocenters. The third-order valence-electron chi connectivity index (χ3n) is 4.02. The summed E-state index contributed by atoms with van der Waals surface area (Å²) in [4.78, 5) is 29.9. The van der Waals surface area contributed by atoms with Crippen LogP contribution in [0.25, 0.3) is 22.3 Å². The van der Waals surface area contributed by atoms with Crippen LogP contribution in [0, 0.1) is 10.1 Å². The number of H-pyrrole nitrogens is 1. The van der Waals surface area contributed by atoms with Crippen molar-refractivity contribution in [3.8, 4) is 17.1 Å². The van der Waals surface area contributed by atoms with Crippen LogP contribution in [0.1, 0.15) is 26.3 Å². The molecule has 0 unspecified atom stereocenters. The summed E-state index contributed by atoms with van der Waals surface area (Å²) in [5, 5.41) is 22.1. The first-order valence-corrected chi connectivity index (χ1v) is 7.70. The van der Waals surface area contributed by atoms with Crippen LogP contribution in [0.2, 0.25) is 0 Å². The number of para-hydroxylation sites is 1. The van der Waals surface area contributed by atoms with Crippen LogP contribution in [0.3, 0.4) is 0 Å². The SMILES string of the molecule is CC(C)(C)c1cc(-c2nc3ccccc3c(=O)[nH]2)c(O)c([N+](=O)[O-])c1. The molecule has 0 spiro atoms. The molecule has 7 nitrogen and oxygen atoms in total. The van der Waals surface area contributed by atoms with Gasteiger partial charge in [-0.1, -0.05) is 32.9 Å². The molecule has 0 aliphatic carbocycles. The Labute approximate surface area is 143 Å². The molecule has 0 saturated carbocycles. The van der Waals surface area contributed by atoms with Gasteiger partial charge in [-0.05, 0) is 29.2 Å². The number of benzene rings is 2. The van der Waals surface area contributed by atoms with Gasteiger partial charge in [-0.3, -0.25) is 14.9 Å². The Morgan fingerprint density at radius 2 is 1.88 bits per heavy atom. The van der Waals surface area contributed by atoms with Gasteiger partial charge in [0.05, 0.1) is 21.4 Å². The lowest BCUT2D eigenvalue weighted by Crippen LogP contribution is -2.13. The Bertz CT molecular complexity index is 1050. The number of nitro benzene ring substituents is 1. The number of phenols is 1. The smallest absolute Gasteiger partial charge is 0.311 e. The van der Waals surface area contributed by atoms with Crippen LogP contribution in [0.5, 0.6) is 5.75 Å². The van der Waals surface area contributed by atoms with Crippen molar-refractivity contribution in [2.45, 2.75) is 26.2 Å². The van der Waals surface area contributed by atoms with Gasteiger partial charge in [-0.2, -0.15) is 0 Å². The van der Waals surface area contributed by atoms with Crippen LogP contribution in [-0.4, -0.2) is 20.0 Å². The van der Waals surface area contributed by atoms with Crippen molar-refractivity contribution >= 4 is 16.6 Å². The number of phenolic OH excluding ortho intramolecular Hbond substituents is 1. The molecule has 1 heterocycles. The number of aromatic nitrogens is 2. The normalized spacial score (nSPS) is 11.6. The predicted molar refractivity (Wildman–Crippen MR) is 94.8 cm³/mol. The van der Waals surface area contributed by atoms with Gasteiger partial charge in [-0.15, -0.1) is 0 Å². The zero-order valence-corrected chi connectivity index (χ0v) is 14.0. The molecule has 0 fully saturated rings. The molecule has 0 saturated heterocycles. The lowest BCUT2D eigenvalue weighted by Gasteiger charge is -2.20. The highest BCUT2D eigenvalue weighted by Crippen LogP contribution is 2.39. The number of fused-ring (bicyclic) bond motifs is 1. The molecule has 128 valence electrons. The first-order valence-electron chi connectivity index (χ1n) is 7.70. The number of hydrogen-bond donors (Lipinski definition) is 2. The summed E-state index contributed by atoms with van der Waals surface area (Å²) in [6, 6.07) is 9.74. The maximum absolute atomic E-state index is 12.3. The number of aromatic amines is 1. The molecule has 7 heteroatoms. The van der Waals surface area contributed by atoms with Crippen LogP contribution < -0.4 is 5.56 Å². The highest BCUT2D eigenvalue weighted by molar-refractivity contribution is 5.81. The van der Waals surface area contributed by atoms with Crippen molar-refractivity contribution in [3.05, 3.63) is 62.4 Å². The summed E-state index contributed by atoms with van der Waals surface area (Å²) in [7, 11) is 0. The van der Waals surface area contributed by atoms with Gasteiger partial charge >= 0.3 is 5.69 Å². The maximum atomic E-state index is 12.3. The minimum absolute atomic E-state index is 0.0930. The number of nitrogens with zero attached hydrogens (tertiary/aromatic N) is 2. The van der Waals surface area contributed by atoms with Crippen molar-refractivity contribution in [2.24, 2.45) is 0 Å². The summed E-state index contributed by atoms with van der Waals surface area (Å²) in [5.41, 5.74) is 0.0564. The number of rotatable bonds is 2. The van der Waals surface area contributed by atoms with Gasteiger partial charge in [0.15, 0.2) is 0 Å². The number of nitrogens with one attached hydrogen (secondary N) is 1. The third-order valence-corrected chi connectivity index (χ3v) is 4.02. The third kappa shape index (κ3) is 2.96. The molecule has 0 bridgehead atoms. The number of aromatic hydroxyl groups is 1. The van der Waals surface area contributed by atoms with Crippen molar-refractivity contribution in [1.29, 1.82) is 0 Å². The van der Waals surface area contributed by atoms with Gasteiger partial charge in [0, 0.05) is 6.07 Å². The number of nitro groups is 1. The second kappa shape index (κ2) is 5.70. The van der Waals surface area contributed by atoms with Gasteiger partial charge in [-0.25, -0.2) is 4.98 Å². The monoisotopic (exact) mass is 339 g/mol. The Hall–Kier alpha value is -3.22. The first kappa shape index (κ1) is 16.6. The molecule has 0 aliphatic rings. The van der Waals surface area contributed by atoms with Gasteiger partial charge in [0.2, 0.25) is 5.75 Å². The van der Waals surface area contributed by atoms with E-state index in [2.05, 4.69) is 9.97 Å². The van der Waals surface area contributed by atoms with Crippen LogP contribution in [0.15, 0.2) is 41.2 Å². The van der Waals surface area contributed by atoms with Crippen molar-refractivity contribution < 1.29 is 10.0 Å². The van der Waals surface area contributed by atoms with E-state index >= 15 is 0 Å². The molecule has 1 aromatic heterocycles. The van der Waals surface area contributed by atoms with E-state index in [0.717, 1.165) is 0 Å². The Balaban J connectivity index is 2.35. The fourth-order valence-electron chi connectivity index (χ4n) is 2.59. The van der Waals surface area contributed by atoms with E-state index in [0.29, 0.717) is 16.5 Å². The standard InChI is InChI=1S/C18H17N3O4/c1-18(2,3)10-8-12(15(22)14(9-10)21(24)25)16-19-13-7-5-4-6-11(13)17(23)20-16/h4-9,22H,1-3H3,(H,19,20,23). The summed E-state index contributed by atoms with van der Waals surface area (Å²) in [6.45, 7) is 5.72. The fraction of sp³-hybridized carbons (Fsp3) is 0.222. The Morgan fingerprint density at radius 1 is 1.20 bits per heavy atom. The molecule has 2 aromatic carbocycles. The average Bonchev–Trinajstić information content (AvgIpc) is 2.53. The molecule has 3 rings (SSSR count). The molecule has 3 aromatic rings. The number of hydrogen-bond acceptors (Lipinski definition) is 5. The lowest BCUT2D eigenvalue weighted by molar-refractivity contribution is -0.385. The minimum atomic E-state index is -0.646. The van der Waals surface area contributed by atoms with E-state index < -0.39 is 16.4 Å². The van der Waals surface area contributed by atoms with E-state index in [4.69, 9.17) is 0 Å². The van der Waals surface area contributed by atoms with Crippen LogP contribution >= 0.6 is 0 Å². The first-order chi connectivity index (χ1) is 11.7. The largest absolute Gasteiger partial charge is 0.502 e. The predicted octanol–water partition coefficient (Wildman–Crippen LogP) is 3.50. The quantitative estimate of drug-likeness (QED) is 0.548. The summed E-state index contributed by atoms with van der Waals surface area (Å²) in [6.07, 6.45) is 0. The molecule has 0 amide bonds. The fourth-order valence-corrected chi connectivity index (χ4v) is 2.59. The highest BCUT2D eigenvalue weighted by atomic mass is 16.6. The average molecular weight is 339 g/mol. The second-order valence-corrected chi connectivity index (χ2v) is 6.83. The van der Waals surface area contributed by atoms with E-state index in [1.54, 1.807) is 30.3 Å². The van der Waals surface area contributed by atoms with Gasteiger partial charge in [0.25, 0.3) is 5.56 Å². The molecule has 25 heavy (non-hydrogen) atoms. The topological polar surface area (TPSA) is 109 Å². The van der Waals surface area contributed by atoms with Crippen LogP contribution in [0.4, 0.5) is 5.69 Å². The van der Waals surface area contributed by atoms with E-state index in [-0.39, 0.29) is 22.4 Å². The summed E-state index contributed by atoms with van der Waals surface area (Å²) < 4.78 is 0. The lowest BCUT2D eigenvalue weighted by atomic mass is 9.85. The molecular formula is C18H17N3O4. The van der Waals surface area contributed by atoms with Gasteiger partial charge < -0.3 is 10.1 Å².